The van der Waals surface area contributed by atoms with Gasteiger partial charge in [0.25, 0.3) is 0 Å². The van der Waals surface area contributed by atoms with Gasteiger partial charge in [-0.1, -0.05) is 12.1 Å². The van der Waals surface area contributed by atoms with Gasteiger partial charge in [0.05, 0.1) is 4.90 Å². The van der Waals surface area contributed by atoms with Gasteiger partial charge in [-0.15, -0.1) is 0 Å². The van der Waals surface area contributed by atoms with Crippen molar-refractivity contribution in [1.82, 2.24) is 4.31 Å². The molecule has 1 heterocycles. The average Bonchev–Trinajstić information content (AvgIpc) is 2.14. The number of carbonyl (C=O) groups is 1. The topological polar surface area (TPSA) is 54.5 Å². The molecule has 2 rings (SSSR count). The molecule has 0 aliphatic carbocycles. The van der Waals surface area contributed by atoms with E-state index >= 15 is 0 Å². The molecule has 1 aromatic carbocycles. The molecule has 16 heavy (non-hydrogen) atoms. The maximum absolute atomic E-state index is 12.0. The van der Waals surface area contributed by atoms with Crippen molar-refractivity contribution in [2.75, 3.05) is 13.1 Å². The number of sulfonamides is 1. The number of benzene rings is 1. The lowest BCUT2D eigenvalue weighted by atomic mass is 10.2. The van der Waals surface area contributed by atoms with Crippen molar-refractivity contribution in [3.8, 4) is 0 Å². The Morgan fingerprint density at radius 1 is 1.31 bits per heavy atom. The molecule has 1 aromatic rings. The first kappa shape index (κ1) is 11.3. The second-order valence-corrected chi connectivity index (χ2v) is 5.78. The van der Waals surface area contributed by atoms with E-state index in [1.54, 1.807) is 12.1 Å². The summed E-state index contributed by atoms with van der Waals surface area (Å²) in [5.41, 5.74) is 0.432. The SMILES string of the molecule is CC(=O)c1cccc(S(=O)(=O)N2CCC2)c1. The zero-order valence-electron chi connectivity index (χ0n) is 9.01. The molecule has 1 aliphatic rings. The summed E-state index contributed by atoms with van der Waals surface area (Å²) >= 11 is 0. The molecular formula is C11H13NO3S. The number of ketones is 1. The van der Waals surface area contributed by atoms with Gasteiger partial charge in [0, 0.05) is 18.7 Å². The van der Waals surface area contributed by atoms with E-state index in [2.05, 4.69) is 0 Å². The highest BCUT2D eigenvalue weighted by Crippen LogP contribution is 2.21. The van der Waals surface area contributed by atoms with E-state index in [0.29, 0.717) is 18.7 Å². The number of Topliss-reactive ketones (excluding diaryl/α,β-unsaturated/α-hetero) is 1. The molecule has 0 amide bonds. The van der Waals surface area contributed by atoms with Crippen molar-refractivity contribution in [3.05, 3.63) is 29.8 Å². The van der Waals surface area contributed by atoms with Crippen molar-refractivity contribution in [2.24, 2.45) is 0 Å². The van der Waals surface area contributed by atoms with Gasteiger partial charge in [0.1, 0.15) is 0 Å². The third-order valence-electron chi connectivity index (χ3n) is 2.69. The molecule has 1 aliphatic heterocycles. The Labute approximate surface area is 94.9 Å². The molecule has 1 fully saturated rings. The van der Waals surface area contributed by atoms with Crippen LogP contribution in [0.3, 0.4) is 0 Å². The van der Waals surface area contributed by atoms with Crippen molar-refractivity contribution in [1.29, 1.82) is 0 Å². The molecule has 1 saturated heterocycles. The molecule has 0 bridgehead atoms. The van der Waals surface area contributed by atoms with E-state index in [1.165, 1.54) is 23.4 Å². The number of nitrogens with zero attached hydrogens (tertiary/aromatic N) is 1. The third-order valence-corrected chi connectivity index (χ3v) is 4.59. The van der Waals surface area contributed by atoms with Crippen molar-refractivity contribution in [3.63, 3.8) is 0 Å². The summed E-state index contributed by atoms with van der Waals surface area (Å²) in [4.78, 5) is 11.4. The highest BCUT2D eigenvalue weighted by molar-refractivity contribution is 7.89. The molecule has 86 valence electrons. The van der Waals surface area contributed by atoms with Gasteiger partial charge in [-0.25, -0.2) is 8.42 Å². The van der Waals surface area contributed by atoms with Crippen LogP contribution in [-0.2, 0) is 10.0 Å². The Hall–Kier alpha value is -1.20. The number of hydrogen-bond donors (Lipinski definition) is 0. The average molecular weight is 239 g/mol. The maximum atomic E-state index is 12.0. The predicted octanol–water partition coefficient (Wildman–Crippen LogP) is 1.28. The highest BCUT2D eigenvalue weighted by atomic mass is 32.2. The summed E-state index contributed by atoms with van der Waals surface area (Å²) in [6.07, 6.45) is 0.908. The van der Waals surface area contributed by atoms with Crippen molar-refractivity contribution in [2.45, 2.75) is 18.2 Å². The fourth-order valence-electron chi connectivity index (χ4n) is 1.55. The molecular weight excluding hydrogens is 226 g/mol. The van der Waals surface area contributed by atoms with Crippen LogP contribution < -0.4 is 0 Å². The van der Waals surface area contributed by atoms with Gasteiger partial charge in [-0.2, -0.15) is 4.31 Å². The Balaban J connectivity index is 2.40. The van der Waals surface area contributed by atoms with Crippen LogP contribution in [0.4, 0.5) is 0 Å². The van der Waals surface area contributed by atoms with Crippen LogP contribution in [0.15, 0.2) is 29.2 Å². The lowest BCUT2D eigenvalue weighted by molar-refractivity contribution is 0.101. The summed E-state index contributed by atoms with van der Waals surface area (Å²) in [6.45, 7) is 2.58. The maximum Gasteiger partial charge on any atom is 0.243 e. The largest absolute Gasteiger partial charge is 0.295 e. The normalized spacial score (nSPS) is 16.8. The van der Waals surface area contributed by atoms with Crippen LogP contribution in [0.1, 0.15) is 23.7 Å². The van der Waals surface area contributed by atoms with E-state index < -0.39 is 10.0 Å². The minimum atomic E-state index is -3.38. The molecule has 0 radical (unpaired) electrons. The third kappa shape index (κ3) is 1.88. The van der Waals surface area contributed by atoms with E-state index in [4.69, 9.17) is 0 Å². The molecule has 0 unspecified atom stereocenters. The number of hydrogen-bond acceptors (Lipinski definition) is 3. The molecule has 0 N–H and O–H groups in total. The minimum Gasteiger partial charge on any atom is -0.295 e. The number of carbonyl (C=O) groups excluding carboxylic acids is 1. The van der Waals surface area contributed by atoms with Gasteiger partial charge in [0.2, 0.25) is 10.0 Å². The summed E-state index contributed by atoms with van der Waals surface area (Å²) < 4.78 is 25.4. The Morgan fingerprint density at radius 3 is 2.50 bits per heavy atom. The van der Waals surface area contributed by atoms with Gasteiger partial charge in [-0.05, 0) is 25.5 Å². The van der Waals surface area contributed by atoms with Crippen LogP contribution in [0, 0.1) is 0 Å². The van der Waals surface area contributed by atoms with Crippen molar-refractivity contribution < 1.29 is 13.2 Å². The van der Waals surface area contributed by atoms with E-state index in [0.717, 1.165) is 6.42 Å². The lowest BCUT2D eigenvalue weighted by Crippen LogP contribution is -2.41. The summed E-state index contributed by atoms with van der Waals surface area (Å²) in [5, 5.41) is 0. The molecule has 0 spiro atoms. The minimum absolute atomic E-state index is 0.124. The molecule has 4 nitrogen and oxygen atoms in total. The van der Waals surface area contributed by atoms with Crippen LogP contribution in [0.25, 0.3) is 0 Å². The Morgan fingerprint density at radius 2 is 2.00 bits per heavy atom. The second-order valence-electron chi connectivity index (χ2n) is 3.84. The quantitative estimate of drug-likeness (QED) is 0.747. The van der Waals surface area contributed by atoms with Gasteiger partial charge >= 0.3 is 0 Å². The predicted molar refractivity (Wildman–Crippen MR) is 59.8 cm³/mol. The van der Waals surface area contributed by atoms with E-state index in [-0.39, 0.29) is 10.7 Å². The molecule has 0 atom stereocenters. The second kappa shape index (κ2) is 3.99. The fourth-order valence-corrected chi connectivity index (χ4v) is 3.12. The van der Waals surface area contributed by atoms with E-state index in [9.17, 15) is 13.2 Å². The highest BCUT2D eigenvalue weighted by Gasteiger charge is 2.29. The monoisotopic (exact) mass is 239 g/mol. The molecule has 5 heteroatoms. The molecule has 0 saturated carbocycles. The van der Waals surface area contributed by atoms with Gasteiger partial charge in [-0.3, -0.25) is 4.79 Å². The van der Waals surface area contributed by atoms with Crippen LogP contribution in [0.5, 0.6) is 0 Å². The first-order valence-corrected chi connectivity index (χ1v) is 6.57. The fraction of sp³-hybridized carbons (Fsp3) is 0.364. The Bertz CT molecular complexity index is 518. The lowest BCUT2D eigenvalue weighted by Gasteiger charge is -2.29. The summed E-state index contributed by atoms with van der Waals surface area (Å²) in [7, 11) is -3.38. The van der Waals surface area contributed by atoms with Gasteiger partial charge in [0.15, 0.2) is 5.78 Å². The van der Waals surface area contributed by atoms with Crippen LogP contribution >= 0.6 is 0 Å². The van der Waals surface area contributed by atoms with Crippen molar-refractivity contribution >= 4 is 15.8 Å². The van der Waals surface area contributed by atoms with E-state index in [1.807, 2.05) is 0 Å². The first-order chi connectivity index (χ1) is 7.51. The summed E-state index contributed by atoms with van der Waals surface area (Å²) in [6, 6.07) is 6.19. The first-order valence-electron chi connectivity index (χ1n) is 5.13. The number of rotatable bonds is 3. The zero-order chi connectivity index (χ0) is 11.8. The smallest absolute Gasteiger partial charge is 0.243 e. The van der Waals surface area contributed by atoms with Gasteiger partial charge < -0.3 is 0 Å². The molecule has 0 aromatic heterocycles. The Kier molecular flexibility index (Phi) is 2.82. The summed E-state index contributed by atoms with van der Waals surface area (Å²) in [5.74, 6) is -0.124. The standard InChI is InChI=1S/C11H13NO3S/c1-9(13)10-4-2-5-11(8-10)16(14,15)12-6-3-7-12/h2,4-5,8H,3,6-7H2,1H3. The van der Waals surface area contributed by atoms with Crippen LogP contribution in [-0.4, -0.2) is 31.6 Å². The zero-order valence-corrected chi connectivity index (χ0v) is 9.83. The van der Waals surface area contributed by atoms with Crippen LogP contribution in [0.2, 0.25) is 0 Å².